The van der Waals surface area contributed by atoms with E-state index >= 15 is 0 Å². The SMILES string of the molecule is COc1cccc(F)c1C(N)Cc1ccccn1. The van der Waals surface area contributed by atoms with Gasteiger partial charge in [0.15, 0.2) is 0 Å². The number of halogens is 1. The van der Waals surface area contributed by atoms with Crippen LogP contribution in [0.25, 0.3) is 0 Å². The summed E-state index contributed by atoms with van der Waals surface area (Å²) in [5, 5.41) is 0. The molecule has 2 rings (SSSR count). The number of ether oxygens (including phenoxy) is 1. The van der Waals surface area contributed by atoms with Crippen molar-refractivity contribution in [1.29, 1.82) is 0 Å². The van der Waals surface area contributed by atoms with Crippen LogP contribution in [-0.4, -0.2) is 12.1 Å². The van der Waals surface area contributed by atoms with Crippen molar-refractivity contribution in [2.75, 3.05) is 7.11 Å². The number of hydrogen-bond acceptors (Lipinski definition) is 3. The molecule has 4 heteroatoms. The highest BCUT2D eigenvalue weighted by Gasteiger charge is 2.17. The summed E-state index contributed by atoms with van der Waals surface area (Å²) >= 11 is 0. The standard InChI is InChI=1S/C14H15FN2O/c1-18-13-7-4-6-11(15)14(13)12(16)9-10-5-2-3-8-17-10/h2-8,12H,9,16H2,1H3. The zero-order chi connectivity index (χ0) is 13.0. The summed E-state index contributed by atoms with van der Waals surface area (Å²) in [6.07, 6.45) is 2.17. The van der Waals surface area contributed by atoms with Crippen molar-refractivity contribution in [3.05, 3.63) is 59.7 Å². The van der Waals surface area contributed by atoms with Crippen LogP contribution in [0.4, 0.5) is 4.39 Å². The first kappa shape index (κ1) is 12.5. The van der Waals surface area contributed by atoms with E-state index in [2.05, 4.69) is 4.98 Å². The third-order valence-corrected chi connectivity index (χ3v) is 2.76. The van der Waals surface area contributed by atoms with E-state index < -0.39 is 6.04 Å². The van der Waals surface area contributed by atoms with Gasteiger partial charge < -0.3 is 10.5 Å². The molecule has 0 aliphatic rings. The van der Waals surface area contributed by atoms with Crippen molar-refractivity contribution in [1.82, 2.24) is 4.98 Å². The molecule has 1 aromatic carbocycles. The number of nitrogens with zero attached hydrogens (tertiary/aromatic N) is 1. The second-order valence-corrected chi connectivity index (χ2v) is 3.99. The van der Waals surface area contributed by atoms with Gasteiger partial charge in [0.1, 0.15) is 11.6 Å². The first-order valence-corrected chi connectivity index (χ1v) is 5.70. The lowest BCUT2D eigenvalue weighted by Gasteiger charge is -2.16. The normalized spacial score (nSPS) is 12.2. The van der Waals surface area contributed by atoms with Gasteiger partial charge in [-0.1, -0.05) is 12.1 Å². The van der Waals surface area contributed by atoms with Crippen molar-refractivity contribution < 1.29 is 9.13 Å². The molecule has 0 radical (unpaired) electrons. The van der Waals surface area contributed by atoms with E-state index in [1.807, 2.05) is 18.2 Å². The highest BCUT2D eigenvalue weighted by Crippen LogP contribution is 2.28. The Kier molecular flexibility index (Phi) is 3.89. The Balaban J connectivity index is 2.26. The summed E-state index contributed by atoms with van der Waals surface area (Å²) in [5.41, 5.74) is 7.27. The van der Waals surface area contributed by atoms with Gasteiger partial charge in [-0.2, -0.15) is 0 Å². The molecule has 0 fully saturated rings. The van der Waals surface area contributed by atoms with Gasteiger partial charge in [-0.3, -0.25) is 4.98 Å². The number of nitrogens with two attached hydrogens (primary N) is 1. The van der Waals surface area contributed by atoms with Gasteiger partial charge in [0.2, 0.25) is 0 Å². The molecule has 2 N–H and O–H groups in total. The van der Waals surface area contributed by atoms with Crippen LogP contribution in [0.2, 0.25) is 0 Å². The molecule has 18 heavy (non-hydrogen) atoms. The van der Waals surface area contributed by atoms with Crippen LogP contribution in [0.3, 0.4) is 0 Å². The van der Waals surface area contributed by atoms with E-state index in [1.165, 1.54) is 13.2 Å². The summed E-state index contributed by atoms with van der Waals surface area (Å²) in [7, 11) is 1.51. The molecule has 94 valence electrons. The fourth-order valence-corrected chi connectivity index (χ4v) is 1.90. The van der Waals surface area contributed by atoms with Crippen LogP contribution in [0.5, 0.6) is 5.75 Å². The molecular formula is C14H15FN2O. The van der Waals surface area contributed by atoms with Crippen LogP contribution in [0, 0.1) is 5.82 Å². The van der Waals surface area contributed by atoms with Crippen LogP contribution < -0.4 is 10.5 Å². The second kappa shape index (κ2) is 5.60. The Bertz CT molecular complexity index is 516. The van der Waals surface area contributed by atoms with E-state index in [1.54, 1.807) is 18.3 Å². The Labute approximate surface area is 105 Å². The maximum Gasteiger partial charge on any atom is 0.131 e. The fourth-order valence-electron chi connectivity index (χ4n) is 1.90. The third-order valence-electron chi connectivity index (χ3n) is 2.76. The highest BCUT2D eigenvalue weighted by molar-refractivity contribution is 5.37. The summed E-state index contributed by atoms with van der Waals surface area (Å²) in [5.74, 6) is 0.121. The first-order valence-electron chi connectivity index (χ1n) is 5.70. The van der Waals surface area contributed by atoms with Gasteiger partial charge >= 0.3 is 0 Å². The fraction of sp³-hybridized carbons (Fsp3) is 0.214. The molecule has 0 spiro atoms. The van der Waals surface area contributed by atoms with E-state index in [0.717, 1.165) is 5.69 Å². The monoisotopic (exact) mass is 246 g/mol. The van der Waals surface area contributed by atoms with Gasteiger partial charge in [-0.15, -0.1) is 0 Å². The topological polar surface area (TPSA) is 48.1 Å². The van der Waals surface area contributed by atoms with Crippen LogP contribution in [-0.2, 0) is 6.42 Å². The molecule has 1 heterocycles. The van der Waals surface area contributed by atoms with Crippen molar-refractivity contribution in [2.45, 2.75) is 12.5 Å². The van der Waals surface area contributed by atoms with Gasteiger partial charge in [0.05, 0.1) is 7.11 Å². The smallest absolute Gasteiger partial charge is 0.131 e. The molecule has 1 unspecified atom stereocenters. The predicted molar refractivity (Wildman–Crippen MR) is 67.8 cm³/mol. The lowest BCUT2D eigenvalue weighted by molar-refractivity contribution is 0.398. The molecule has 1 aromatic heterocycles. The molecule has 0 aliphatic heterocycles. The number of hydrogen-bond donors (Lipinski definition) is 1. The summed E-state index contributed by atoms with van der Waals surface area (Å²) < 4.78 is 19.0. The van der Waals surface area contributed by atoms with E-state index in [-0.39, 0.29) is 5.82 Å². The van der Waals surface area contributed by atoms with Crippen molar-refractivity contribution in [3.8, 4) is 5.75 Å². The lowest BCUT2D eigenvalue weighted by Crippen LogP contribution is -2.16. The minimum Gasteiger partial charge on any atom is -0.496 e. The molecule has 0 saturated carbocycles. The Morgan fingerprint density at radius 2 is 2.11 bits per heavy atom. The molecular weight excluding hydrogens is 231 g/mol. The molecule has 0 bridgehead atoms. The zero-order valence-corrected chi connectivity index (χ0v) is 10.1. The van der Waals surface area contributed by atoms with Crippen LogP contribution >= 0.6 is 0 Å². The average Bonchev–Trinajstić information content (AvgIpc) is 2.39. The maximum atomic E-state index is 13.8. The molecule has 1 atom stereocenters. The van der Waals surface area contributed by atoms with Gasteiger partial charge in [0.25, 0.3) is 0 Å². The average molecular weight is 246 g/mol. The quantitative estimate of drug-likeness (QED) is 0.901. The van der Waals surface area contributed by atoms with Gasteiger partial charge in [0, 0.05) is 29.9 Å². The molecule has 0 amide bonds. The Hall–Kier alpha value is -1.94. The summed E-state index contributed by atoms with van der Waals surface area (Å²) in [6, 6.07) is 9.80. The van der Waals surface area contributed by atoms with Crippen molar-refractivity contribution in [3.63, 3.8) is 0 Å². The first-order chi connectivity index (χ1) is 8.72. The third kappa shape index (κ3) is 2.65. The number of benzene rings is 1. The van der Waals surface area contributed by atoms with Crippen molar-refractivity contribution in [2.24, 2.45) is 5.73 Å². The minimum atomic E-state index is -0.476. The van der Waals surface area contributed by atoms with E-state index in [4.69, 9.17) is 10.5 Å². The zero-order valence-electron chi connectivity index (χ0n) is 10.1. The summed E-state index contributed by atoms with van der Waals surface area (Å²) in [4.78, 5) is 4.19. The number of aromatic nitrogens is 1. The molecule has 0 aliphatic carbocycles. The number of methoxy groups -OCH3 is 1. The number of pyridine rings is 1. The minimum absolute atomic E-state index is 0.349. The molecule has 3 nitrogen and oxygen atoms in total. The largest absolute Gasteiger partial charge is 0.496 e. The Morgan fingerprint density at radius 3 is 2.78 bits per heavy atom. The molecule has 2 aromatic rings. The predicted octanol–water partition coefficient (Wildman–Crippen LogP) is 2.47. The molecule has 0 saturated heterocycles. The van der Waals surface area contributed by atoms with Crippen LogP contribution in [0.1, 0.15) is 17.3 Å². The highest BCUT2D eigenvalue weighted by atomic mass is 19.1. The van der Waals surface area contributed by atoms with Gasteiger partial charge in [-0.25, -0.2) is 4.39 Å². The van der Waals surface area contributed by atoms with Crippen molar-refractivity contribution >= 4 is 0 Å². The van der Waals surface area contributed by atoms with Gasteiger partial charge in [-0.05, 0) is 24.3 Å². The maximum absolute atomic E-state index is 13.8. The van der Waals surface area contributed by atoms with E-state index in [9.17, 15) is 4.39 Å². The number of rotatable bonds is 4. The van der Waals surface area contributed by atoms with E-state index in [0.29, 0.717) is 17.7 Å². The Morgan fingerprint density at radius 1 is 1.28 bits per heavy atom. The second-order valence-electron chi connectivity index (χ2n) is 3.99. The summed E-state index contributed by atoms with van der Waals surface area (Å²) in [6.45, 7) is 0. The van der Waals surface area contributed by atoms with Crippen LogP contribution in [0.15, 0.2) is 42.6 Å². The lowest BCUT2D eigenvalue weighted by atomic mass is 10.0.